The molecule has 0 aliphatic rings. The van der Waals surface area contributed by atoms with E-state index in [2.05, 4.69) is 4.72 Å². The molecule has 1 aromatic rings. The summed E-state index contributed by atoms with van der Waals surface area (Å²) in [6, 6.07) is 6.05. The van der Waals surface area contributed by atoms with Gasteiger partial charge in [-0.15, -0.1) is 0 Å². The van der Waals surface area contributed by atoms with E-state index in [1.807, 2.05) is 0 Å². The summed E-state index contributed by atoms with van der Waals surface area (Å²) in [5.74, 6) is -0.0942. The molecule has 16 heavy (non-hydrogen) atoms. The fourth-order valence-corrected chi connectivity index (χ4v) is 2.20. The van der Waals surface area contributed by atoms with Crippen molar-refractivity contribution in [2.75, 3.05) is 11.8 Å². The summed E-state index contributed by atoms with van der Waals surface area (Å²) in [5.41, 5.74) is 0.176. The Labute approximate surface area is 95.9 Å². The van der Waals surface area contributed by atoms with E-state index in [0.717, 1.165) is 0 Å². The first-order chi connectivity index (χ1) is 7.34. The Kier molecular flexibility index (Phi) is 3.77. The predicted molar refractivity (Wildman–Crippen MR) is 63.5 cm³/mol. The highest BCUT2D eigenvalue weighted by atomic mass is 32.2. The van der Waals surface area contributed by atoms with Crippen LogP contribution in [0.4, 0.5) is 5.69 Å². The second kappa shape index (κ2) is 4.71. The molecule has 0 radical (unpaired) electrons. The summed E-state index contributed by atoms with van der Waals surface area (Å²) < 4.78 is 27.1. The van der Waals surface area contributed by atoms with Gasteiger partial charge < -0.3 is 5.11 Å². The molecule has 5 nitrogen and oxygen atoms in total. The maximum absolute atomic E-state index is 11.8. The minimum Gasteiger partial charge on any atom is -0.506 e. The Bertz CT molecular complexity index is 457. The molecule has 0 spiro atoms. The SMILES string of the molecule is CC(C)N(C)S(=O)(=O)Nc1ccccc1O. The maximum Gasteiger partial charge on any atom is 0.301 e. The van der Waals surface area contributed by atoms with Crippen LogP contribution in [0.2, 0.25) is 0 Å². The average Bonchev–Trinajstić information content (AvgIpc) is 2.20. The molecule has 90 valence electrons. The summed E-state index contributed by atoms with van der Waals surface area (Å²) >= 11 is 0. The molecule has 0 aliphatic heterocycles. The van der Waals surface area contributed by atoms with Crippen LogP contribution in [0, 0.1) is 0 Å². The third-order valence-corrected chi connectivity index (χ3v) is 3.91. The lowest BCUT2D eigenvalue weighted by Gasteiger charge is -2.21. The van der Waals surface area contributed by atoms with E-state index >= 15 is 0 Å². The predicted octanol–water partition coefficient (Wildman–Crippen LogP) is 1.39. The normalized spacial score (nSPS) is 12.1. The van der Waals surface area contributed by atoms with Crippen molar-refractivity contribution in [2.24, 2.45) is 0 Å². The Hall–Kier alpha value is -1.27. The zero-order valence-electron chi connectivity index (χ0n) is 9.51. The molecule has 1 aromatic carbocycles. The van der Waals surface area contributed by atoms with Crippen LogP contribution in [0.1, 0.15) is 13.8 Å². The van der Waals surface area contributed by atoms with Crippen molar-refractivity contribution in [3.8, 4) is 5.75 Å². The van der Waals surface area contributed by atoms with E-state index in [1.54, 1.807) is 26.0 Å². The molecule has 0 saturated heterocycles. The second-order valence-electron chi connectivity index (χ2n) is 3.73. The standard InChI is InChI=1S/C10H16N2O3S/c1-8(2)12(3)16(14,15)11-9-6-4-5-7-10(9)13/h4-8,11,13H,1-3H3. The largest absolute Gasteiger partial charge is 0.506 e. The molecule has 1 rings (SSSR count). The third kappa shape index (κ3) is 2.86. The Morgan fingerprint density at radius 3 is 2.38 bits per heavy atom. The van der Waals surface area contributed by atoms with Crippen LogP contribution in [0.25, 0.3) is 0 Å². The van der Waals surface area contributed by atoms with Crippen molar-refractivity contribution >= 4 is 15.9 Å². The third-order valence-electron chi connectivity index (χ3n) is 2.25. The Morgan fingerprint density at radius 1 is 1.31 bits per heavy atom. The van der Waals surface area contributed by atoms with Crippen LogP contribution in [0.5, 0.6) is 5.75 Å². The molecule has 0 saturated carbocycles. The zero-order valence-corrected chi connectivity index (χ0v) is 10.3. The first-order valence-corrected chi connectivity index (χ1v) is 6.32. The number of para-hydroxylation sites is 2. The molecule has 2 N–H and O–H groups in total. The van der Waals surface area contributed by atoms with Gasteiger partial charge in [-0.05, 0) is 26.0 Å². The molecular weight excluding hydrogens is 228 g/mol. The van der Waals surface area contributed by atoms with Crippen LogP contribution in [0.15, 0.2) is 24.3 Å². The fourth-order valence-electron chi connectivity index (χ4n) is 1.05. The zero-order chi connectivity index (χ0) is 12.3. The first-order valence-electron chi connectivity index (χ1n) is 4.88. The van der Waals surface area contributed by atoms with Gasteiger partial charge in [0, 0.05) is 13.1 Å². The van der Waals surface area contributed by atoms with Gasteiger partial charge in [0.05, 0.1) is 5.69 Å². The molecule has 0 unspecified atom stereocenters. The summed E-state index contributed by atoms with van der Waals surface area (Å²) in [6.07, 6.45) is 0. The minimum absolute atomic E-state index is 0.0942. The van der Waals surface area contributed by atoms with Gasteiger partial charge in [0.25, 0.3) is 0 Å². The molecule has 6 heteroatoms. The average molecular weight is 244 g/mol. The number of hydrogen-bond acceptors (Lipinski definition) is 3. The van der Waals surface area contributed by atoms with Crippen molar-refractivity contribution in [3.63, 3.8) is 0 Å². The quantitative estimate of drug-likeness (QED) is 0.786. The number of phenolic OH excluding ortho intramolecular Hbond substituents is 1. The van der Waals surface area contributed by atoms with Crippen molar-refractivity contribution in [2.45, 2.75) is 19.9 Å². The van der Waals surface area contributed by atoms with Crippen LogP contribution >= 0.6 is 0 Å². The molecule has 0 aromatic heterocycles. The van der Waals surface area contributed by atoms with E-state index in [9.17, 15) is 13.5 Å². The van der Waals surface area contributed by atoms with E-state index < -0.39 is 10.2 Å². The van der Waals surface area contributed by atoms with Crippen LogP contribution in [-0.4, -0.2) is 30.9 Å². The first kappa shape index (κ1) is 12.8. The van der Waals surface area contributed by atoms with Crippen molar-refractivity contribution < 1.29 is 13.5 Å². The molecule has 0 atom stereocenters. The van der Waals surface area contributed by atoms with Crippen LogP contribution < -0.4 is 4.72 Å². The number of phenols is 1. The van der Waals surface area contributed by atoms with Gasteiger partial charge in [-0.25, -0.2) is 0 Å². The molecule has 0 fully saturated rings. The maximum atomic E-state index is 11.8. The number of nitrogens with one attached hydrogen (secondary N) is 1. The number of nitrogens with zero attached hydrogens (tertiary/aromatic N) is 1. The van der Waals surface area contributed by atoms with Gasteiger partial charge in [0.15, 0.2) is 0 Å². The molecule has 0 bridgehead atoms. The molecule has 0 heterocycles. The molecular formula is C10H16N2O3S. The smallest absolute Gasteiger partial charge is 0.301 e. The van der Waals surface area contributed by atoms with Crippen LogP contribution in [0.3, 0.4) is 0 Å². The minimum atomic E-state index is -3.61. The number of rotatable bonds is 4. The van der Waals surface area contributed by atoms with Gasteiger partial charge in [-0.3, -0.25) is 4.72 Å². The van der Waals surface area contributed by atoms with Crippen LogP contribution in [-0.2, 0) is 10.2 Å². The lowest BCUT2D eigenvalue weighted by Crippen LogP contribution is -2.37. The number of aromatic hydroxyl groups is 1. The van der Waals surface area contributed by atoms with E-state index in [0.29, 0.717) is 0 Å². The molecule has 0 amide bonds. The highest BCUT2D eigenvalue weighted by Crippen LogP contribution is 2.23. The lowest BCUT2D eigenvalue weighted by molar-refractivity contribution is 0.413. The van der Waals surface area contributed by atoms with Gasteiger partial charge in [0.2, 0.25) is 0 Å². The van der Waals surface area contributed by atoms with E-state index in [-0.39, 0.29) is 17.5 Å². The number of benzene rings is 1. The summed E-state index contributed by atoms with van der Waals surface area (Å²) in [7, 11) is -2.13. The summed E-state index contributed by atoms with van der Waals surface area (Å²) in [4.78, 5) is 0. The lowest BCUT2D eigenvalue weighted by atomic mass is 10.3. The number of hydrogen-bond donors (Lipinski definition) is 2. The van der Waals surface area contributed by atoms with E-state index in [4.69, 9.17) is 0 Å². The Morgan fingerprint density at radius 2 is 1.88 bits per heavy atom. The highest BCUT2D eigenvalue weighted by molar-refractivity contribution is 7.90. The van der Waals surface area contributed by atoms with Crippen molar-refractivity contribution in [1.82, 2.24) is 4.31 Å². The second-order valence-corrected chi connectivity index (χ2v) is 5.46. The van der Waals surface area contributed by atoms with Gasteiger partial charge >= 0.3 is 10.2 Å². The van der Waals surface area contributed by atoms with E-state index in [1.165, 1.54) is 23.5 Å². The van der Waals surface area contributed by atoms with Crippen molar-refractivity contribution in [3.05, 3.63) is 24.3 Å². The summed E-state index contributed by atoms with van der Waals surface area (Å²) in [6.45, 7) is 3.54. The van der Waals surface area contributed by atoms with Gasteiger partial charge in [-0.1, -0.05) is 12.1 Å². The fraction of sp³-hybridized carbons (Fsp3) is 0.400. The van der Waals surface area contributed by atoms with Crippen molar-refractivity contribution in [1.29, 1.82) is 0 Å². The number of anilines is 1. The van der Waals surface area contributed by atoms with Gasteiger partial charge in [0.1, 0.15) is 5.75 Å². The monoisotopic (exact) mass is 244 g/mol. The Balaban J connectivity index is 2.94. The topological polar surface area (TPSA) is 69.6 Å². The molecule has 0 aliphatic carbocycles. The highest BCUT2D eigenvalue weighted by Gasteiger charge is 2.21. The van der Waals surface area contributed by atoms with Gasteiger partial charge in [-0.2, -0.15) is 12.7 Å². The summed E-state index contributed by atoms with van der Waals surface area (Å²) in [5, 5.41) is 9.45.